The van der Waals surface area contributed by atoms with Gasteiger partial charge in [-0.15, -0.1) is 0 Å². The molecule has 0 spiro atoms. The van der Waals surface area contributed by atoms with Crippen molar-refractivity contribution in [2.45, 2.75) is 12.8 Å². The first-order valence-corrected chi connectivity index (χ1v) is 12.2. The summed E-state index contributed by atoms with van der Waals surface area (Å²) < 4.78 is 25.7. The van der Waals surface area contributed by atoms with E-state index >= 15 is 0 Å². The number of hydrogen-bond acceptors (Lipinski definition) is 7. The summed E-state index contributed by atoms with van der Waals surface area (Å²) in [6.45, 7) is 2.51. The highest BCUT2D eigenvalue weighted by molar-refractivity contribution is 6.34. The number of amides is 1. The lowest BCUT2D eigenvalue weighted by Gasteiger charge is -2.29. The third-order valence-corrected chi connectivity index (χ3v) is 6.28. The van der Waals surface area contributed by atoms with Crippen molar-refractivity contribution >= 4 is 46.7 Å². The summed E-state index contributed by atoms with van der Waals surface area (Å²) in [5.74, 6) is 0.655. The first-order valence-electron chi connectivity index (χ1n) is 11.4. The zero-order valence-electron chi connectivity index (χ0n) is 19.9. The van der Waals surface area contributed by atoms with Crippen molar-refractivity contribution < 1.29 is 18.7 Å². The maximum Gasteiger partial charge on any atom is 0.420 e. The summed E-state index contributed by atoms with van der Waals surface area (Å²) in [5, 5.41) is 3.56. The van der Waals surface area contributed by atoms with Gasteiger partial charge in [-0.05, 0) is 56.8 Å². The molecule has 3 aromatic rings. The molecule has 8 nitrogen and oxygen atoms in total. The van der Waals surface area contributed by atoms with Crippen LogP contribution >= 0.6 is 23.2 Å². The Morgan fingerprint density at radius 1 is 1.22 bits per heavy atom. The van der Waals surface area contributed by atoms with E-state index < -0.39 is 11.9 Å². The maximum atomic E-state index is 14.7. The van der Waals surface area contributed by atoms with Gasteiger partial charge < -0.3 is 19.7 Å². The number of nitrogens with one attached hydrogen (secondary N) is 1. The standard InChI is InChI=1S/C25H26Cl2FN5O3/c1-32-11-3-4-16(14-32)15-35-21-8-6-18(13-20(21)28)30-24-29-10-9-23(31-24)33(2)25(34)36-22-12-17(26)5-7-19(22)27/h5-10,12-13,16H,3-4,11,14-15H2,1-2H3,(H,29,30,31). The molecule has 11 heteroatoms. The molecular formula is C25H26Cl2FN5O3. The minimum atomic E-state index is -0.722. The SMILES string of the molecule is CN1CCCC(COc2ccc(Nc3nccc(N(C)C(=O)Oc4cc(Cl)ccc4Cl)n3)cc2F)C1. The van der Waals surface area contributed by atoms with Gasteiger partial charge in [-0.1, -0.05) is 23.2 Å². The van der Waals surface area contributed by atoms with E-state index in [0.717, 1.165) is 25.9 Å². The minimum absolute atomic E-state index is 0.127. The van der Waals surface area contributed by atoms with E-state index in [-0.39, 0.29) is 28.3 Å². The molecule has 1 unspecified atom stereocenters. The Balaban J connectivity index is 1.38. The van der Waals surface area contributed by atoms with Crippen LogP contribution in [0.2, 0.25) is 10.0 Å². The van der Waals surface area contributed by atoms with Crippen LogP contribution in [0.25, 0.3) is 0 Å². The molecule has 1 amide bonds. The number of hydrogen-bond donors (Lipinski definition) is 1. The third-order valence-electron chi connectivity index (χ3n) is 5.73. The van der Waals surface area contributed by atoms with Crippen molar-refractivity contribution in [3.8, 4) is 11.5 Å². The number of likely N-dealkylation sites (tertiary alicyclic amines) is 1. The predicted octanol–water partition coefficient (Wildman–Crippen LogP) is 6.02. The molecule has 4 rings (SSSR count). The average Bonchev–Trinajstić information content (AvgIpc) is 2.85. The Labute approximate surface area is 218 Å². The monoisotopic (exact) mass is 533 g/mol. The van der Waals surface area contributed by atoms with Gasteiger partial charge in [-0.2, -0.15) is 4.98 Å². The van der Waals surface area contributed by atoms with E-state index in [2.05, 4.69) is 27.2 Å². The van der Waals surface area contributed by atoms with E-state index in [4.69, 9.17) is 32.7 Å². The zero-order valence-corrected chi connectivity index (χ0v) is 21.4. The molecule has 1 aliphatic heterocycles. The average molecular weight is 534 g/mol. The molecule has 1 aromatic heterocycles. The molecule has 1 aliphatic rings. The van der Waals surface area contributed by atoms with Crippen LogP contribution in [0.15, 0.2) is 48.7 Å². The number of aromatic nitrogens is 2. The Morgan fingerprint density at radius 3 is 2.83 bits per heavy atom. The van der Waals surface area contributed by atoms with E-state index in [1.165, 1.54) is 42.4 Å². The van der Waals surface area contributed by atoms with Crippen LogP contribution in [0.5, 0.6) is 11.5 Å². The third kappa shape index (κ3) is 6.75. The van der Waals surface area contributed by atoms with Crippen molar-refractivity contribution in [3.05, 3.63) is 64.5 Å². The van der Waals surface area contributed by atoms with Gasteiger partial charge in [0.05, 0.1) is 11.6 Å². The van der Waals surface area contributed by atoms with Crippen LogP contribution < -0.4 is 19.7 Å². The second-order valence-corrected chi connectivity index (χ2v) is 9.44. The topological polar surface area (TPSA) is 79.8 Å². The quantitative estimate of drug-likeness (QED) is 0.397. The molecule has 2 aromatic carbocycles. The summed E-state index contributed by atoms with van der Waals surface area (Å²) in [5.41, 5.74) is 0.435. The Hall–Kier alpha value is -3.14. The minimum Gasteiger partial charge on any atom is -0.490 e. The fourth-order valence-corrected chi connectivity index (χ4v) is 4.17. The number of carbonyl (C=O) groups excluding carboxylic acids is 1. The Morgan fingerprint density at radius 2 is 2.06 bits per heavy atom. The molecule has 0 radical (unpaired) electrons. The number of anilines is 3. The van der Waals surface area contributed by atoms with Gasteiger partial charge in [0.1, 0.15) is 5.82 Å². The highest BCUT2D eigenvalue weighted by Gasteiger charge is 2.19. The van der Waals surface area contributed by atoms with Crippen molar-refractivity contribution in [1.29, 1.82) is 0 Å². The Bertz CT molecular complexity index is 1230. The van der Waals surface area contributed by atoms with E-state index in [9.17, 15) is 9.18 Å². The first-order chi connectivity index (χ1) is 17.3. The smallest absolute Gasteiger partial charge is 0.420 e. The summed E-state index contributed by atoms with van der Waals surface area (Å²) in [6.07, 6.45) is 2.94. The molecule has 1 saturated heterocycles. The molecule has 2 heterocycles. The van der Waals surface area contributed by atoms with Crippen LogP contribution in [-0.4, -0.2) is 54.8 Å². The largest absolute Gasteiger partial charge is 0.490 e. The van der Waals surface area contributed by atoms with Crippen molar-refractivity contribution in [1.82, 2.24) is 14.9 Å². The number of ether oxygens (including phenoxy) is 2. The number of piperidine rings is 1. The second-order valence-electron chi connectivity index (χ2n) is 8.59. The maximum absolute atomic E-state index is 14.7. The zero-order chi connectivity index (χ0) is 25.7. The molecule has 0 saturated carbocycles. The van der Waals surface area contributed by atoms with Gasteiger partial charge >= 0.3 is 6.09 Å². The van der Waals surface area contributed by atoms with Gasteiger partial charge in [-0.3, -0.25) is 4.90 Å². The summed E-state index contributed by atoms with van der Waals surface area (Å²) in [6, 6.07) is 10.7. The van der Waals surface area contributed by atoms with Crippen LogP contribution in [0.4, 0.5) is 26.6 Å². The van der Waals surface area contributed by atoms with Gasteiger partial charge in [0.25, 0.3) is 0 Å². The van der Waals surface area contributed by atoms with E-state index in [1.807, 2.05) is 0 Å². The van der Waals surface area contributed by atoms with Crippen LogP contribution in [0.1, 0.15) is 12.8 Å². The molecule has 190 valence electrons. The van der Waals surface area contributed by atoms with Gasteiger partial charge in [-0.25, -0.2) is 14.2 Å². The highest BCUT2D eigenvalue weighted by atomic mass is 35.5. The lowest BCUT2D eigenvalue weighted by molar-refractivity contribution is 0.147. The van der Waals surface area contributed by atoms with Gasteiger partial charge in [0.2, 0.25) is 5.95 Å². The van der Waals surface area contributed by atoms with Crippen molar-refractivity contribution in [2.24, 2.45) is 5.92 Å². The first kappa shape index (κ1) is 25.9. The lowest BCUT2D eigenvalue weighted by Crippen LogP contribution is -2.34. The summed E-state index contributed by atoms with van der Waals surface area (Å²) >= 11 is 12.0. The summed E-state index contributed by atoms with van der Waals surface area (Å²) in [4.78, 5) is 24.5. The Kier molecular flexibility index (Phi) is 8.45. The molecule has 0 bridgehead atoms. The van der Waals surface area contributed by atoms with E-state index in [1.54, 1.807) is 18.2 Å². The van der Waals surface area contributed by atoms with Gasteiger partial charge in [0, 0.05) is 48.5 Å². The van der Waals surface area contributed by atoms with Crippen LogP contribution in [0, 0.1) is 11.7 Å². The molecule has 1 atom stereocenters. The molecular weight excluding hydrogens is 508 g/mol. The number of rotatable bonds is 7. The fourth-order valence-electron chi connectivity index (χ4n) is 3.85. The summed E-state index contributed by atoms with van der Waals surface area (Å²) in [7, 11) is 3.57. The van der Waals surface area contributed by atoms with E-state index in [0.29, 0.717) is 23.2 Å². The second kappa shape index (κ2) is 11.7. The van der Waals surface area contributed by atoms with Crippen LogP contribution in [0.3, 0.4) is 0 Å². The molecule has 36 heavy (non-hydrogen) atoms. The number of benzene rings is 2. The lowest BCUT2D eigenvalue weighted by atomic mass is 10.00. The molecule has 0 aliphatic carbocycles. The predicted molar refractivity (Wildman–Crippen MR) is 138 cm³/mol. The van der Waals surface area contributed by atoms with Crippen LogP contribution in [-0.2, 0) is 0 Å². The number of nitrogens with zero attached hydrogens (tertiary/aromatic N) is 4. The fraction of sp³-hybridized carbons (Fsp3) is 0.320. The van der Waals surface area contributed by atoms with Gasteiger partial charge in [0.15, 0.2) is 17.3 Å². The highest BCUT2D eigenvalue weighted by Crippen LogP contribution is 2.29. The number of carbonyl (C=O) groups is 1. The molecule has 1 N–H and O–H groups in total. The van der Waals surface area contributed by atoms with Crippen molar-refractivity contribution in [2.75, 3.05) is 44.0 Å². The molecule has 1 fully saturated rings. The number of halogens is 3. The van der Waals surface area contributed by atoms with Crippen molar-refractivity contribution in [3.63, 3.8) is 0 Å². The normalized spacial score (nSPS) is 15.9.